The Kier molecular flexibility index (Phi) is 3.06. The van der Waals surface area contributed by atoms with E-state index in [0.717, 1.165) is 22.4 Å². The highest BCUT2D eigenvalue weighted by Gasteiger charge is 2.16. The zero-order valence-corrected chi connectivity index (χ0v) is 10.4. The highest BCUT2D eigenvalue weighted by Crippen LogP contribution is 2.31. The largest absolute Gasteiger partial charge is 0.497 e. The van der Waals surface area contributed by atoms with Crippen molar-refractivity contribution in [3.05, 3.63) is 35.3 Å². The van der Waals surface area contributed by atoms with E-state index >= 15 is 0 Å². The van der Waals surface area contributed by atoms with Crippen LogP contribution in [0.25, 0.3) is 11.3 Å². The number of carboxylic acid groups (broad SMARTS) is 1. The molecule has 0 aliphatic heterocycles. The number of methoxy groups -OCH3 is 1. The van der Waals surface area contributed by atoms with E-state index < -0.39 is 5.97 Å². The van der Waals surface area contributed by atoms with Gasteiger partial charge in [-0.2, -0.15) is 0 Å². The lowest BCUT2D eigenvalue weighted by Crippen LogP contribution is -1.94. The first-order valence-corrected chi connectivity index (χ1v) is 5.37. The van der Waals surface area contributed by atoms with Gasteiger partial charge in [-0.3, -0.25) is 0 Å². The normalized spacial score (nSPS) is 10.4. The molecule has 18 heavy (non-hydrogen) atoms. The third kappa shape index (κ3) is 2.07. The van der Waals surface area contributed by atoms with Crippen molar-refractivity contribution in [1.82, 2.24) is 4.98 Å². The maximum Gasteiger partial charge on any atom is 0.392 e. The minimum Gasteiger partial charge on any atom is -0.497 e. The summed E-state index contributed by atoms with van der Waals surface area (Å²) in [5, 5.41) is 8.79. The summed E-state index contributed by atoms with van der Waals surface area (Å²) in [6.07, 6.45) is 1.42. The highest BCUT2D eigenvalue weighted by molar-refractivity contribution is 5.83. The maximum absolute atomic E-state index is 10.7. The fourth-order valence-corrected chi connectivity index (χ4v) is 1.92. The molecule has 0 atom stereocenters. The number of rotatable bonds is 3. The van der Waals surface area contributed by atoms with Gasteiger partial charge in [0.15, 0.2) is 5.76 Å². The van der Waals surface area contributed by atoms with Crippen LogP contribution in [0.1, 0.15) is 21.8 Å². The average Bonchev–Trinajstić information content (AvgIpc) is 2.77. The third-order valence-electron chi connectivity index (χ3n) is 2.68. The van der Waals surface area contributed by atoms with Crippen molar-refractivity contribution in [3.8, 4) is 17.1 Å². The fraction of sp³-hybridized carbons (Fsp3) is 0.231. The van der Waals surface area contributed by atoms with Crippen molar-refractivity contribution in [3.63, 3.8) is 0 Å². The summed E-state index contributed by atoms with van der Waals surface area (Å²) in [7, 11) is 1.60. The lowest BCUT2D eigenvalue weighted by Gasteiger charge is -2.09. The van der Waals surface area contributed by atoms with Gasteiger partial charge in [-0.05, 0) is 37.1 Å². The van der Waals surface area contributed by atoms with Crippen LogP contribution in [-0.2, 0) is 0 Å². The van der Waals surface area contributed by atoms with Crippen molar-refractivity contribution in [2.45, 2.75) is 13.8 Å². The van der Waals surface area contributed by atoms with E-state index in [4.69, 9.17) is 14.3 Å². The second kappa shape index (κ2) is 4.52. The van der Waals surface area contributed by atoms with Crippen LogP contribution < -0.4 is 4.74 Å². The standard InChI is InChI=1S/C13H13NO4/c1-7-4-9(17-3)5-8(2)11(7)10-6-14-12(18-10)13(15)16/h4-6H,1-3H3,(H,15,16). The molecule has 0 aliphatic rings. The van der Waals surface area contributed by atoms with E-state index in [0.29, 0.717) is 5.76 Å². The van der Waals surface area contributed by atoms with E-state index in [1.54, 1.807) is 7.11 Å². The molecular weight excluding hydrogens is 234 g/mol. The van der Waals surface area contributed by atoms with Crippen LogP contribution >= 0.6 is 0 Å². The van der Waals surface area contributed by atoms with Gasteiger partial charge in [0.1, 0.15) is 5.75 Å². The molecule has 5 nitrogen and oxygen atoms in total. The van der Waals surface area contributed by atoms with Crippen LogP contribution in [0.15, 0.2) is 22.7 Å². The Morgan fingerprint density at radius 2 is 1.94 bits per heavy atom. The molecule has 2 aromatic rings. The van der Waals surface area contributed by atoms with Crippen LogP contribution in [-0.4, -0.2) is 23.2 Å². The molecule has 1 aromatic carbocycles. The van der Waals surface area contributed by atoms with Gasteiger partial charge in [-0.25, -0.2) is 9.78 Å². The van der Waals surface area contributed by atoms with Gasteiger partial charge in [0.2, 0.25) is 0 Å². The summed E-state index contributed by atoms with van der Waals surface area (Å²) in [4.78, 5) is 14.5. The van der Waals surface area contributed by atoms with Gasteiger partial charge in [-0.15, -0.1) is 0 Å². The zero-order valence-electron chi connectivity index (χ0n) is 10.4. The molecule has 0 spiro atoms. The summed E-state index contributed by atoms with van der Waals surface area (Å²) in [6, 6.07) is 3.73. The quantitative estimate of drug-likeness (QED) is 0.902. The molecule has 2 rings (SSSR count). The second-order valence-electron chi connectivity index (χ2n) is 3.97. The van der Waals surface area contributed by atoms with Crippen LogP contribution in [0.4, 0.5) is 0 Å². The van der Waals surface area contributed by atoms with Gasteiger partial charge < -0.3 is 14.3 Å². The number of oxazole rings is 1. The summed E-state index contributed by atoms with van der Waals surface area (Å²) >= 11 is 0. The Morgan fingerprint density at radius 1 is 1.33 bits per heavy atom. The lowest BCUT2D eigenvalue weighted by atomic mass is 10.0. The van der Waals surface area contributed by atoms with Crippen LogP contribution in [0.2, 0.25) is 0 Å². The van der Waals surface area contributed by atoms with Gasteiger partial charge in [0.05, 0.1) is 13.3 Å². The number of aromatic carboxylic acids is 1. The number of hydrogen-bond donors (Lipinski definition) is 1. The fourth-order valence-electron chi connectivity index (χ4n) is 1.92. The molecule has 0 fully saturated rings. The third-order valence-corrected chi connectivity index (χ3v) is 2.68. The van der Waals surface area contributed by atoms with Crippen molar-refractivity contribution in [2.24, 2.45) is 0 Å². The summed E-state index contributed by atoms with van der Waals surface area (Å²) in [5.41, 5.74) is 2.73. The van der Waals surface area contributed by atoms with Crippen molar-refractivity contribution >= 4 is 5.97 Å². The van der Waals surface area contributed by atoms with Crippen LogP contribution in [0, 0.1) is 13.8 Å². The minimum absolute atomic E-state index is 0.306. The molecule has 1 aromatic heterocycles. The van der Waals surface area contributed by atoms with Gasteiger partial charge in [-0.1, -0.05) is 0 Å². The molecule has 1 N–H and O–H groups in total. The second-order valence-corrected chi connectivity index (χ2v) is 3.97. The molecule has 0 saturated carbocycles. The predicted octanol–water partition coefficient (Wildman–Crippen LogP) is 2.67. The van der Waals surface area contributed by atoms with E-state index in [2.05, 4.69) is 4.98 Å². The van der Waals surface area contributed by atoms with Crippen LogP contribution in [0.3, 0.4) is 0 Å². The van der Waals surface area contributed by atoms with Crippen molar-refractivity contribution in [1.29, 1.82) is 0 Å². The molecule has 0 bridgehead atoms. The molecule has 0 unspecified atom stereocenters. The first-order chi connectivity index (χ1) is 8.52. The number of carboxylic acids is 1. The van der Waals surface area contributed by atoms with E-state index in [-0.39, 0.29) is 5.89 Å². The Hall–Kier alpha value is -2.30. The zero-order chi connectivity index (χ0) is 13.3. The topological polar surface area (TPSA) is 72.6 Å². The predicted molar refractivity (Wildman–Crippen MR) is 64.9 cm³/mol. The monoisotopic (exact) mass is 247 g/mol. The number of aryl methyl sites for hydroxylation is 2. The molecular formula is C13H13NO4. The molecule has 0 amide bonds. The Bertz CT molecular complexity index is 578. The average molecular weight is 247 g/mol. The van der Waals surface area contributed by atoms with Gasteiger partial charge in [0.25, 0.3) is 0 Å². The highest BCUT2D eigenvalue weighted by atomic mass is 16.5. The number of ether oxygens (including phenoxy) is 1. The maximum atomic E-state index is 10.7. The Labute approximate surface area is 104 Å². The Morgan fingerprint density at radius 3 is 2.39 bits per heavy atom. The number of hydrogen-bond acceptors (Lipinski definition) is 4. The Balaban J connectivity index is 2.53. The molecule has 5 heteroatoms. The number of carbonyl (C=O) groups is 1. The van der Waals surface area contributed by atoms with Crippen molar-refractivity contribution in [2.75, 3.05) is 7.11 Å². The summed E-state index contributed by atoms with van der Waals surface area (Å²) in [5.74, 6) is -0.276. The molecule has 94 valence electrons. The molecule has 0 aliphatic carbocycles. The van der Waals surface area contributed by atoms with Crippen LogP contribution in [0.5, 0.6) is 5.75 Å². The number of benzene rings is 1. The smallest absolute Gasteiger partial charge is 0.392 e. The molecule has 0 saturated heterocycles. The summed E-state index contributed by atoms with van der Waals surface area (Å²) in [6.45, 7) is 3.82. The number of nitrogens with zero attached hydrogens (tertiary/aromatic N) is 1. The summed E-state index contributed by atoms with van der Waals surface area (Å²) < 4.78 is 10.4. The first-order valence-electron chi connectivity index (χ1n) is 5.37. The van der Waals surface area contributed by atoms with Gasteiger partial charge >= 0.3 is 11.9 Å². The van der Waals surface area contributed by atoms with E-state index in [1.165, 1.54) is 6.20 Å². The van der Waals surface area contributed by atoms with E-state index in [9.17, 15) is 4.79 Å². The minimum atomic E-state index is -1.18. The van der Waals surface area contributed by atoms with E-state index in [1.807, 2.05) is 26.0 Å². The first kappa shape index (κ1) is 12.2. The molecule has 0 radical (unpaired) electrons. The van der Waals surface area contributed by atoms with Crippen molar-refractivity contribution < 1.29 is 19.1 Å². The molecule has 1 heterocycles. The van der Waals surface area contributed by atoms with Gasteiger partial charge in [0, 0.05) is 5.56 Å². The SMILES string of the molecule is COc1cc(C)c(-c2cnc(C(=O)O)o2)c(C)c1. The lowest BCUT2D eigenvalue weighted by molar-refractivity contribution is 0.0654. The number of aromatic nitrogens is 1.